The maximum Gasteiger partial charge on any atom is 0.286 e. The van der Waals surface area contributed by atoms with Gasteiger partial charge in [-0.15, -0.1) is 11.3 Å². The Kier molecular flexibility index (Phi) is 7.92. The van der Waals surface area contributed by atoms with Gasteiger partial charge in [-0.2, -0.15) is 5.10 Å². The third-order valence-electron chi connectivity index (χ3n) is 5.49. The molecule has 9 heteroatoms. The number of nitrogens with zero attached hydrogens (tertiary/aromatic N) is 4. The molecule has 1 amide bonds. The number of thiophene rings is 1. The van der Waals surface area contributed by atoms with Crippen molar-refractivity contribution < 1.29 is 4.79 Å². The van der Waals surface area contributed by atoms with Crippen LogP contribution in [-0.4, -0.2) is 40.3 Å². The molecule has 0 aliphatic carbocycles. The minimum atomic E-state index is -0.236. The number of carbonyl (C=O) groups is 1. The van der Waals surface area contributed by atoms with Gasteiger partial charge in [-0.25, -0.2) is 16.3 Å². The summed E-state index contributed by atoms with van der Waals surface area (Å²) in [5, 5.41) is 7.62. The van der Waals surface area contributed by atoms with Crippen molar-refractivity contribution in [3.8, 4) is 28.1 Å². The molecule has 0 unspecified atom stereocenters. The zero-order valence-corrected chi connectivity index (χ0v) is 21.0. The van der Waals surface area contributed by atoms with Crippen LogP contribution in [0.1, 0.15) is 46.6 Å². The predicted molar refractivity (Wildman–Crippen MR) is 137 cm³/mol. The number of piperidine rings is 1. The van der Waals surface area contributed by atoms with Gasteiger partial charge < -0.3 is 4.85 Å². The molecule has 0 bridgehead atoms. The van der Waals surface area contributed by atoms with Crippen LogP contribution in [-0.2, 0) is 0 Å². The van der Waals surface area contributed by atoms with Crippen LogP contribution in [0.2, 0.25) is 10.0 Å². The van der Waals surface area contributed by atoms with Crippen LogP contribution in [0.5, 0.6) is 0 Å². The minimum Gasteiger partial charge on any atom is -0.316 e. The highest BCUT2D eigenvalue weighted by Crippen LogP contribution is 2.36. The molecule has 1 saturated heterocycles. The van der Waals surface area contributed by atoms with Gasteiger partial charge >= 0.3 is 0 Å². The summed E-state index contributed by atoms with van der Waals surface area (Å²) in [5.74, 6) is 5.91. The van der Waals surface area contributed by atoms with Gasteiger partial charge in [-0.3, -0.25) is 10.2 Å². The van der Waals surface area contributed by atoms with Crippen LogP contribution in [0.3, 0.4) is 0 Å². The molecule has 3 heterocycles. The summed E-state index contributed by atoms with van der Waals surface area (Å²) >= 11 is 14.2. The van der Waals surface area contributed by atoms with Gasteiger partial charge in [-0.05, 0) is 50.1 Å². The van der Waals surface area contributed by atoms with E-state index in [4.69, 9.17) is 34.9 Å². The van der Waals surface area contributed by atoms with Crippen molar-refractivity contribution >= 4 is 40.4 Å². The van der Waals surface area contributed by atoms with Crippen LogP contribution in [0.4, 0.5) is 0 Å². The van der Waals surface area contributed by atoms with Gasteiger partial charge in [-0.1, -0.05) is 41.5 Å². The van der Waals surface area contributed by atoms with Crippen molar-refractivity contribution in [2.45, 2.75) is 32.6 Å². The lowest BCUT2D eigenvalue weighted by atomic mass is 10.1. The molecule has 0 radical (unpaired) electrons. The normalized spacial score (nSPS) is 13.7. The summed E-state index contributed by atoms with van der Waals surface area (Å²) in [6.45, 7) is 10.8. The standard InChI is InChI=1S/C25H23Cl2N5OS/c1-17-23(25(33)30-31-14-6-3-7-15-31)29-32(21-11-9-18(26)16-20(21)27)24(17)22-12-10-19(34-22)8-4-5-13-28-2/h9-12,16H,3,5-7,13-15H2,1H3,(H,30,33). The molecule has 0 atom stereocenters. The number of hydrazine groups is 1. The second kappa shape index (κ2) is 11.1. The van der Waals surface area contributed by atoms with Gasteiger partial charge in [0.15, 0.2) is 5.69 Å². The quantitative estimate of drug-likeness (QED) is 0.259. The number of benzene rings is 1. The highest BCUT2D eigenvalue weighted by molar-refractivity contribution is 7.16. The fourth-order valence-corrected chi connectivity index (χ4v) is 5.28. The van der Waals surface area contributed by atoms with E-state index in [0.717, 1.165) is 46.9 Å². The highest BCUT2D eigenvalue weighted by Gasteiger charge is 2.25. The Morgan fingerprint density at radius 3 is 2.76 bits per heavy atom. The van der Waals surface area contributed by atoms with Gasteiger partial charge in [0.25, 0.3) is 5.91 Å². The minimum absolute atomic E-state index is 0.236. The summed E-state index contributed by atoms with van der Waals surface area (Å²) in [7, 11) is 0. The maximum absolute atomic E-state index is 13.2. The Morgan fingerprint density at radius 1 is 1.24 bits per heavy atom. The first-order valence-corrected chi connectivity index (χ1v) is 12.6. The largest absolute Gasteiger partial charge is 0.316 e. The van der Waals surface area contributed by atoms with Gasteiger partial charge in [0.1, 0.15) is 0 Å². The number of hydrogen-bond donors (Lipinski definition) is 1. The SMILES string of the molecule is [C-]#[N+]CCC#Cc1ccc(-c2c(C)c(C(=O)NN3CCCCC3)nn2-c2ccc(Cl)cc2Cl)s1. The predicted octanol–water partition coefficient (Wildman–Crippen LogP) is 6.01. The maximum atomic E-state index is 13.2. The third kappa shape index (κ3) is 5.46. The number of amides is 1. The van der Waals surface area contributed by atoms with Crippen LogP contribution in [0, 0.1) is 25.3 Å². The van der Waals surface area contributed by atoms with Gasteiger partial charge in [0.05, 0.1) is 32.6 Å². The molecule has 6 nitrogen and oxygen atoms in total. The smallest absolute Gasteiger partial charge is 0.286 e. The van der Waals surface area contributed by atoms with Crippen molar-refractivity contribution in [3.05, 3.63) is 67.9 Å². The molecule has 1 fully saturated rings. The van der Waals surface area contributed by atoms with E-state index in [-0.39, 0.29) is 5.91 Å². The van der Waals surface area contributed by atoms with Crippen LogP contribution in [0.15, 0.2) is 30.3 Å². The van der Waals surface area contributed by atoms with E-state index < -0.39 is 0 Å². The zero-order chi connectivity index (χ0) is 24.1. The van der Waals surface area contributed by atoms with Crippen molar-refractivity contribution in [1.29, 1.82) is 0 Å². The van der Waals surface area contributed by atoms with Crippen LogP contribution in [0.25, 0.3) is 21.1 Å². The Bertz CT molecular complexity index is 1310. The fraction of sp³-hybridized carbons (Fsp3) is 0.320. The molecule has 1 aromatic carbocycles. The molecule has 4 rings (SSSR count). The Hall–Kier alpha value is -2.81. The lowest BCUT2D eigenvalue weighted by molar-refractivity contribution is 0.0743. The lowest BCUT2D eigenvalue weighted by Gasteiger charge is -2.26. The molecule has 0 saturated carbocycles. The van der Waals surface area contributed by atoms with E-state index in [1.807, 2.05) is 24.1 Å². The van der Waals surface area contributed by atoms with E-state index in [1.54, 1.807) is 22.9 Å². The Morgan fingerprint density at radius 2 is 2.03 bits per heavy atom. The van der Waals surface area contributed by atoms with Gasteiger partial charge in [0.2, 0.25) is 6.54 Å². The van der Waals surface area contributed by atoms with E-state index in [9.17, 15) is 4.79 Å². The number of rotatable bonds is 5. The second-order valence-corrected chi connectivity index (χ2v) is 9.84. The molecule has 2 aromatic heterocycles. The fourth-order valence-electron chi connectivity index (χ4n) is 3.82. The van der Waals surface area contributed by atoms with Gasteiger partial charge in [0, 0.05) is 23.7 Å². The number of nitrogens with one attached hydrogen (secondary N) is 1. The van der Waals surface area contributed by atoms with E-state index in [1.165, 1.54) is 17.8 Å². The summed E-state index contributed by atoms with van der Waals surface area (Å²) < 4.78 is 1.71. The van der Waals surface area contributed by atoms with Crippen LogP contribution >= 0.6 is 34.5 Å². The third-order valence-corrected chi connectivity index (χ3v) is 7.04. The Balaban J connectivity index is 1.74. The van der Waals surface area contributed by atoms with E-state index in [0.29, 0.717) is 34.4 Å². The molecular formula is C25H23Cl2N5OS. The average molecular weight is 512 g/mol. The topological polar surface area (TPSA) is 54.5 Å². The first-order valence-electron chi connectivity index (χ1n) is 11.0. The first-order chi connectivity index (χ1) is 16.5. The first kappa shape index (κ1) is 24.3. The lowest BCUT2D eigenvalue weighted by Crippen LogP contribution is -2.45. The molecule has 1 aliphatic heterocycles. The highest BCUT2D eigenvalue weighted by atomic mass is 35.5. The number of hydrogen-bond acceptors (Lipinski definition) is 4. The average Bonchev–Trinajstić information content (AvgIpc) is 3.41. The number of aromatic nitrogens is 2. The monoisotopic (exact) mass is 511 g/mol. The molecule has 0 spiro atoms. The summed E-state index contributed by atoms with van der Waals surface area (Å²) in [6.07, 6.45) is 3.85. The molecule has 1 aliphatic rings. The summed E-state index contributed by atoms with van der Waals surface area (Å²) in [5.41, 5.74) is 5.54. The summed E-state index contributed by atoms with van der Waals surface area (Å²) in [4.78, 5) is 18.3. The van der Waals surface area contributed by atoms with Crippen LogP contribution < -0.4 is 5.43 Å². The molecule has 174 valence electrons. The van der Waals surface area contributed by atoms with E-state index >= 15 is 0 Å². The number of halogens is 2. The molecule has 1 N–H and O–H groups in total. The van der Waals surface area contributed by atoms with Crippen molar-refractivity contribution in [2.24, 2.45) is 0 Å². The second-order valence-electron chi connectivity index (χ2n) is 7.92. The summed E-state index contributed by atoms with van der Waals surface area (Å²) in [6, 6.07) is 9.12. The van der Waals surface area contributed by atoms with Crippen molar-refractivity contribution in [3.63, 3.8) is 0 Å². The number of carbonyl (C=O) groups excluding carboxylic acids is 1. The van der Waals surface area contributed by atoms with Crippen molar-refractivity contribution in [1.82, 2.24) is 20.2 Å². The van der Waals surface area contributed by atoms with E-state index in [2.05, 4.69) is 22.1 Å². The molecular weight excluding hydrogens is 489 g/mol. The molecule has 34 heavy (non-hydrogen) atoms. The van der Waals surface area contributed by atoms with Crippen molar-refractivity contribution in [2.75, 3.05) is 19.6 Å². The Labute approximate surface area is 213 Å². The zero-order valence-electron chi connectivity index (χ0n) is 18.7. The molecule has 3 aromatic rings.